The zero-order valence-corrected chi connectivity index (χ0v) is 24.4. The molecule has 3 aromatic carbocycles. The summed E-state index contributed by atoms with van der Waals surface area (Å²) in [4.78, 5) is 28.8. The minimum Gasteiger partial charge on any atom is -0.453 e. The van der Waals surface area contributed by atoms with Crippen molar-refractivity contribution in [3.8, 4) is 22.5 Å². The van der Waals surface area contributed by atoms with E-state index in [1.807, 2.05) is 36.5 Å². The van der Waals surface area contributed by atoms with E-state index in [2.05, 4.69) is 51.3 Å². The first-order valence-corrected chi connectivity index (χ1v) is 14.6. The number of carbonyl (C=O) groups is 2. The van der Waals surface area contributed by atoms with Crippen LogP contribution in [0.2, 0.25) is 5.02 Å². The van der Waals surface area contributed by atoms with Gasteiger partial charge in [-0.2, -0.15) is 0 Å². The first-order valence-electron chi connectivity index (χ1n) is 14.2. The third kappa shape index (κ3) is 6.34. The van der Waals surface area contributed by atoms with Crippen molar-refractivity contribution in [2.24, 2.45) is 0 Å². The highest BCUT2D eigenvalue weighted by molar-refractivity contribution is 6.31. The lowest BCUT2D eigenvalue weighted by Gasteiger charge is -2.29. The number of allylic oxidation sites excluding steroid dienone is 2. The number of carbonyl (C=O) groups excluding carboxylic acids is 2. The van der Waals surface area contributed by atoms with Crippen LogP contribution in [0.5, 0.6) is 0 Å². The van der Waals surface area contributed by atoms with E-state index in [1.165, 1.54) is 19.1 Å². The van der Waals surface area contributed by atoms with Crippen LogP contribution in [0, 0.1) is 0 Å². The molecule has 0 radical (unpaired) electrons. The fraction of sp³-hybridized carbons (Fsp3) is 0.206. The van der Waals surface area contributed by atoms with Gasteiger partial charge >= 0.3 is 6.09 Å². The smallest absolute Gasteiger partial charge is 0.411 e. The molecule has 0 saturated carbocycles. The summed E-state index contributed by atoms with van der Waals surface area (Å²) < 4.78 is 10.3. The number of hydrogen-bond donors (Lipinski definition) is 3. The summed E-state index contributed by atoms with van der Waals surface area (Å²) in [7, 11) is 1.31. The van der Waals surface area contributed by atoms with Crippen molar-refractivity contribution in [1.82, 2.24) is 10.3 Å². The summed E-state index contributed by atoms with van der Waals surface area (Å²) in [5.41, 5.74) is 7.10. The molecule has 3 N–H and O–H groups in total. The van der Waals surface area contributed by atoms with Crippen LogP contribution in [0.4, 0.5) is 16.2 Å². The van der Waals surface area contributed by atoms with Crippen molar-refractivity contribution in [2.75, 3.05) is 17.7 Å². The molecule has 2 unspecified atom stereocenters. The Hall–Kier alpha value is -4.82. The Bertz CT molecular complexity index is 1710. The quantitative estimate of drug-likeness (QED) is 0.221. The van der Waals surface area contributed by atoms with Crippen LogP contribution in [0.15, 0.2) is 96.0 Å². The zero-order chi connectivity index (χ0) is 29.8. The molecular formula is C34H31ClN4O4. The first kappa shape index (κ1) is 28.3. The molecule has 0 fully saturated rings. The Morgan fingerprint density at radius 2 is 1.95 bits per heavy atom. The number of oxazole rings is 1. The second-order valence-electron chi connectivity index (χ2n) is 10.6. The van der Waals surface area contributed by atoms with Crippen LogP contribution in [0.3, 0.4) is 0 Å². The number of nitrogens with one attached hydrogen (secondary N) is 3. The van der Waals surface area contributed by atoms with Crippen molar-refractivity contribution in [1.29, 1.82) is 0 Å². The highest BCUT2D eigenvalue weighted by Crippen LogP contribution is 2.38. The topological polar surface area (TPSA) is 105 Å². The minimum absolute atomic E-state index is 0.0507. The van der Waals surface area contributed by atoms with Gasteiger partial charge in [0.25, 0.3) is 0 Å². The van der Waals surface area contributed by atoms with Gasteiger partial charge in [-0.25, -0.2) is 9.78 Å². The van der Waals surface area contributed by atoms with Crippen molar-refractivity contribution in [2.45, 2.75) is 37.6 Å². The van der Waals surface area contributed by atoms with E-state index in [9.17, 15) is 9.59 Å². The number of anilines is 2. The predicted molar refractivity (Wildman–Crippen MR) is 169 cm³/mol. The molecule has 4 aromatic rings. The molecule has 2 amide bonds. The summed E-state index contributed by atoms with van der Waals surface area (Å²) in [5, 5.41) is 10.0. The lowest BCUT2D eigenvalue weighted by molar-refractivity contribution is -0.116. The summed E-state index contributed by atoms with van der Waals surface area (Å²) in [6, 6.07) is 19.7. The van der Waals surface area contributed by atoms with Crippen LogP contribution in [0.1, 0.15) is 42.7 Å². The molecule has 0 aliphatic carbocycles. The van der Waals surface area contributed by atoms with Crippen LogP contribution in [-0.4, -0.2) is 30.1 Å². The molecule has 0 saturated heterocycles. The Balaban J connectivity index is 1.31. The highest BCUT2D eigenvalue weighted by Gasteiger charge is 2.25. The largest absolute Gasteiger partial charge is 0.453 e. The van der Waals surface area contributed by atoms with Gasteiger partial charge in [0.15, 0.2) is 12.2 Å². The van der Waals surface area contributed by atoms with Crippen LogP contribution in [-0.2, 0) is 9.53 Å². The number of rotatable bonds is 4. The van der Waals surface area contributed by atoms with E-state index >= 15 is 0 Å². The third-order valence-corrected chi connectivity index (χ3v) is 8.09. The van der Waals surface area contributed by atoms with Crippen molar-refractivity contribution >= 4 is 40.5 Å². The number of benzene rings is 3. The van der Waals surface area contributed by atoms with Gasteiger partial charge in [0.1, 0.15) is 0 Å². The maximum absolute atomic E-state index is 12.9. The summed E-state index contributed by atoms with van der Waals surface area (Å²) in [6.45, 7) is 0. The van der Waals surface area contributed by atoms with Gasteiger partial charge in [-0.1, -0.05) is 60.5 Å². The first-order chi connectivity index (χ1) is 21.0. The molecule has 218 valence electrons. The number of ether oxygens (including phenoxy) is 1. The molecule has 2 aliphatic heterocycles. The van der Waals surface area contributed by atoms with E-state index in [0.29, 0.717) is 28.6 Å². The molecule has 1 aromatic heterocycles. The molecular weight excluding hydrogens is 564 g/mol. The molecule has 2 bridgehead atoms. The molecule has 0 spiro atoms. The summed E-state index contributed by atoms with van der Waals surface area (Å²) in [6.07, 6.45) is 11.9. The molecule has 6 rings (SSSR count). The fourth-order valence-corrected chi connectivity index (χ4v) is 5.90. The van der Waals surface area contributed by atoms with Gasteiger partial charge in [0.05, 0.1) is 25.0 Å². The molecule has 43 heavy (non-hydrogen) atoms. The predicted octanol–water partition coefficient (Wildman–Crippen LogP) is 8.01. The monoisotopic (exact) mass is 594 g/mol. The second-order valence-corrected chi connectivity index (χ2v) is 11.0. The van der Waals surface area contributed by atoms with Gasteiger partial charge in [0, 0.05) is 40.4 Å². The van der Waals surface area contributed by atoms with Gasteiger partial charge in [-0.15, -0.1) is 0 Å². The lowest BCUT2D eigenvalue weighted by atomic mass is 9.83. The Morgan fingerprint density at radius 3 is 2.74 bits per heavy atom. The van der Waals surface area contributed by atoms with E-state index in [0.717, 1.165) is 47.1 Å². The molecule has 2 aliphatic rings. The van der Waals surface area contributed by atoms with E-state index in [4.69, 9.17) is 20.8 Å². The minimum atomic E-state index is -0.570. The molecule has 8 nitrogen and oxygen atoms in total. The number of methoxy groups -OCH3 is 1. The fourth-order valence-electron chi connectivity index (χ4n) is 5.73. The normalized spacial score (nSPS) is 18.2. The average Bonchev–Trinajstić information content (AvgIpc) is 3.56. The van der Waals surface area contributed by atoms with Gasteiger partial charge in [0.2, 0.25) is 5.91 Å². The zero-order valence-electron chi connectivity index (χ0n) is 23.6. The summed E-state index contributed by atoms with van der Waals surface area (Å²) in [5.74, 6) is 0.794. The van der Waals surface area contributed by atoms with E-state index in [-0.39, 0.29) is 17.9 Å². The number of fused-ring (bicyclic) bond motifs is 4. The third-order valence-electron chi connectivity index (χ3n) is 7.86. The SMILES string of the molecule is COC(=O)Nc1ccc2c(c1)NC(=O)CCCCC(C1C=CC(c3cc(Cl)ccc3-c3cnco3)=CN1)c1cccc-2c1. The molecule has 2 atom stereocenters. The number of halogens is 1. The van der Waals surface area contributed by atoms with Gasteiger partial charge in [-0.05, 0) is 65.4 Å². The lowest BCUT2D eigenvalue weighted by Crippen LogP contribution is -2.31. The Morgan fingerprint density at radius 1 is 1.07 bits per heavy atom. The second kappa shape index (κ2) is 12.6. The van der Waals surface area contributed by atoms with E-state index < -0.39 is 6.09 Å². The highest BCUT2D eigenvalue weighted by atomic mass is 35.5. The maximum Gasteiger partial charge on any atom is 0.411 e. The standard InChI is InChI=1S/C34H31ClN4O4/c1-42-34(41)38-25-11-13-27-22-6-4-5-21(15-22)26(7-2-3-8-33(40)39-31(27)17-25)30-14-9-23(18-37-30)29-16-24(35)10-12-28(29)32-19-36-20-43-32/h4-6,9-20,26,30,37H,2-3,7-8H2,1H3,(H,38,41)(H,39,40). The van der Waals surface area contributed by atoms with Crippen LogP contribution < -0.4 is 16.0 Å². The van der Waals surface area contributed by atoms with E-state index in [1.54, 1.807) is 18.3 Å². The number of aromatic nitrogens is 1. The number of amides is 2. The van der Waals surface area contributed by atoms with Gasteiger partial charge in [-0.3, -0.25) is 10.1 Å². The molecule has 9 heteroatoms. The maximum atomic E-state index is 12.9. The van der Waals surface area contributed by atoms with Crippen LogP contribution in [0.25, 0.3) is 28.0 Å². The number of nitrogens with zero attached hydrogens (tertiary/aromatic N) is 1. The van der Waals surface area contributed by atoms with Crippen molar-refractivity contribution in [3.05, 3.63) is 108 Å². The summed E-state index contributed by atoms with van der Waals surface area (Å²) >= 11 is 6.39. The van der Waals surface area contributed by atoms with Crippen LogP contribution >= 0.6 is 11.6 Å². The van der Waals surface area contributed by atoms with Gasteiger partial charge < -0.3 is 19.8 Å². The number of hydrogen-bond acceptors (Lipinski definition) is 6. The van der Waals surface area contributed by atoms with Crippen molar-refractivity contribution < 1.29 is 18.7 Å². The van der Waals surface area contributed by atoms with Crippen molar-refractivity contribution in [3.63, 3.8) is 0 Å². The average molecular weight is 595 g/mol. The number of dihydropyridines is 1. The Labute approximate surface area is 254 Å². The Kier molecular flexibility index (Phi) is 8.29. The molecule has 3 heterocycles.